The monoisotopic (exact) mass is 530 g/mol. The van der Waals surface area contributed by atoms with Gasteiger partial charge in [-0.15, -0.1) is 11.3 Å². The lowest BCUT2D eigenvalue weighted by Crippen LogP contribution is -2.16. The van der Waals surface area contributed by atoms with Gasteiger partial charge in [0.15, 0.2) is 0 Å². The molecule has 0 saturated heterocycles. The van der Waals surface area contributed by atoms with Crippen LogP contribution in [0.3, 0.4) is 0 Å². The van der Waals surface area contributed by atoms with Crippen LogP contribution in [-0.4, -0.2) is 11.8 Å². The molecule has 0 unspecified atom stereocenters. The molecule has 0 aliphatic rings. The Morgan fingerprint density at radius 1 is 0.706 bits per heavy atom. The largest absolute Gasteiger partial charge is 0.397 e. The number of rotatable bonds is 6. The highest BCUT2D eigenvalue weighted by molar-refractivity contribution is 7.19. The second-order valence-electron chi connectivity index (χ2n) is 7.11. The van der Waals surface area contributed by atoms with Crippen molar-refractivity contribution in [1.82, 2.24) is 0 Å². The van der Waals surface area contributed by atoms with Gasteiger partial charge in [0.25, 0.3) is 11.8 Å². The van der Waals surface area contributed by atoms with E-state index in [4.69, 9.17) is 40.5 Å². The van der Waals surface area contributed by atoms with E-state index in [1.807, 2.05) is 30.3 Å². The van der Waals surface area contributed by atoms with Crippen LogP contribution >= 0.6 is 46.1 Å². The van der Waals surface area contributed by atoms with Gasteiger partial charge in [-0.2, -0.15) is 0 Å². The number of hydrogen-bond acceptors (Lipinski definition) is 5. The molecule has 172 valence electrons. The van der Waals surface area contributed by atoms with Crippen molar-refractivity contribution in [1.29, 1.82) is 0 Å². The Bertz CT molecular complexity index is 1340. The average molecular weight is 532 g/mol. The fraction of sp³-hybridized carbons (Fsp3) is 0. The molecule has 10 heteroatoms. The van der Waals surface area contributed by atoms with Crippen molar-refractivity contribution in [2.45, 2.75) is 0 Å². The smallest absolute Gasteiger partial charge is 0.267 e. The van der Waals surface area contributed by atoms with E-state index in [9.17, 15) is 9.59 Å². The molecule has 1 aromatic heterocycles. The van der Waals surface area contributed by atoms with E-state index >= 15 is 0 Å². The average Bonchev–Trinajstić information content (AvgIpc) is 3.11. The molecule has 34 heavy (non-hydrogen) atoms. The number of carbonyl (C=O) groups excluding carboxylic acids is 2. The van der Waals surface area contributed by atoms with Gasteiger partial charge in [0, 0.05) is 32.1 Å². The quantitative estimate of drug-likeness (QED) is 0.207. The minimum atomic E-state index is -0.498. The summed E-state index contributed by atoms with van der Waals surface area (Å²) in [5.41, 5.74) is 8.19. The zero-order chi connectivity index (χ0) is 24.2. The Kier molecular flexibility index (Phi) is 7.29. The maximum atomic E-state index is 13.2. The van der Waals surface area contributed by atoms with Crippen LogP contribution in [0.5, 0.6) is 0 Å². The Labute approximate surface area is 214 Å². The first kappa shape index (κ1) is 23.9. The van der Waals surface area contributed by atoms with Crippen LogP contribution in [0, 0.1) is 0 Å². The third-order valence-electron chi connectivity index (χ3n) is 4.63. The predicted molar refractivity (Wildman–Crippen MR) is 142 cm³/mol. The molecule has 6 nitrogen and oxygen atoms in total. The first-order chi connectivity index (χ1) is 16.3. The maximum Gasteiger partial charge on any atom is 0.267 e. The molecule has 0 fully saturated rings. The van der Waals surface area contributed by atoms with Crippen molar-refractivity contribution < 1.29 is 9.59 Å². The van der Waals surface area contributed by atoms with Crippen LogP contribution in [0.2, 0.25) is 15.1 Å². The summed E-state index contributed by atoms with van der Waals surface area (Å²) in [5.74, 6) is -0.971. The normalized spacial score (nSPS) is 10.6. The molecular weight excluding hydrogens is 515 g/mol. The summed E-state index contributed by atoms with van der Waals surface area (Å²) in [5, 5.41) is 10.4. The molecule has 0 radical (unpaired) electrons. The molecule has 0 spiro atoms. The van der Waals surface area contributed by atoms with E-state index in [2.05, 4.69) is 16.0 Å². The Morgan fingerprint density at radius 3 is 1.97 bits per heavy atom. The van der Waals surface area contributed by atoms with E-state index in [0.29, 0.717) is 31.4 Å². The van der Waals surface area contributed by atoms with Crippen LogP contribution in [0.25, 0.3) is 0 Å². The molecule has 0 atom stereocenters. The summed E-state index contributed by atoms with van der Waals surface area (Å²) in [6.07, 6.45) is 0. The highest BCUT2D eigenvalue weighted by Crippen LogP contribution is 2.38. The van der Waals surface area contributed by atoms with Gasteiger partial charge in [-0.05, 0) is 54.6 Å². The minimum absolute atomic E-state index is 0.0421. The Hall–Kier alpha value is -3.23. The highest BCUT2D eigenvalue weighted by Gasteiger charge is 2.26. The summed E-state index contributed by atoms with van der Waals surface area (Å²) in [6, 6.07) is 20.6. The number of nitrogens with two attached hydrogens (primary N) is 1. The number of nitrogen functional groups attached to an aromatic ring is 1. The zero-order valence-electron chi connectivity index (χ0n) is 17.4. The molecular formula is C24H17Cl3N4O2S. The third kappa shape index (κ3) is 5.63. The Balaban J connectivity index is 1.68. The Morgan fingerprint density at radius 2 is 1.32 bits per heavy atom. The van der Waals surface area contributed by atoms with Crippen LogP contribution < -0.4 is 21.7 Å². The summed E-state index contributed by atoms with van der Waals surface area (Å²) in [4.78, 5) is 26.4. The van der Waals surface area contributed by atoms with Gasteiger partial charge >= 0.3 is 0 Å². The van der Waals surface area contributed by atoms with Gasteiger partial charge < -0.3 is 21.7 Å². The summed E-state index contributed by atoms with van der Waals surface area (Å²) >= 11 is 19.0. The van der Waals surface area contributed by atoms with Gasteiger partial charge in [0.1, 0.15) is 9.88 Å². The van der Waals surface area contributed by atoms with Crippen LogP contribution in [-0.2, 0) is 0 Å². The zero-order valence-corrected chi connectivity index (χ0v) is 20.4. The number of amides is 2. The van der Waals surface area contributed by atoms with Gasteiger partial charge in [0.05, 0.1) is 11.3 Å². The number of hydrogen-bond donors (Lipinski definition) is 4. The molecule has 5 N–H and O–H groups in total. The number of thiophene rings is 1. The van der Waals surface area contributed by atoms with Crippen molar-refractivity contribution in [2.75, 3.05) is 21.7 Å². The molecule has 0 bridgehead atoms. The number of benzene rings is 3. The van der Waals surface area contributed by atoms with Crippen molar-refractivity contribution in [3.63, 3.8) is 0 Å². The molecule has 3 aromatic carbocycles. The van der Waals surface area contributed by atoms with Gasteiger partial charge in [0.2, 0.25) is 0 Å². The lowest BCUT2D eigenvalue weighted by molar-refractivity contribution is 0.102. The van der Waals surface area contributed by atoms with E-state index in [1.54, 1.807) is 42.5 Å². The number of halogens is 3. The molecule has 4 aromatic rings. The van der Waals surface area contributed by atoms with E-state index < -0.39 is 11.8 Å². The first-order valence-electron chi connectivity index (χ1n) is 9.89. The molecule has 1 heterocycles. The molecule has 4 rings (SSSR count). The topological polar surface area (TPSA) is 96.2 Å². The maximum absolute atomic E-state index is 13.2. The fourth-order valence-electron chi connectivity index (χ4n) is 3.12. The number of anilines is 5. The minimum Gasteiger partial charge on any atom is -0.397 e. The van der Waals surface area contributed by atoms with Crippen molar-refractivity contribution in [2.24, 2.45) is 0 Å². The third-order valence-corrected chi connectivity index (χ3v) is 6.44. The van der Waals surface area contributed by atoms with Crippen molar-refractivity contribution in [3.8, 4) is 0 Å². The molecule has 0 saturated carbocycles. The number of para-hydroxylation sites is 1. The SMILES string of the molecule is Nc1c(C(=O)Nc2cc(Cl)cc(Cl)c2)sc(Nc2ccccc2)c1C(=O)Nc1ccc(Cl)cc1. The lowest BCUT2D eigenvalue weighted by atomic mass is 10.2. The van der Waals surface area contributed by atoms with E-state index in [-0.39, 0.29) is 16.1 Å². The van der Waals surface area contributed by atoms with Gasteiger partial charge in [-0.1, -0.05) is 53.0 Å². The molecule has 2 amide bonds. The summed E-state index contributed by atoms with van der Waals surface area (Å²) in [7, 11) is 0. The standard InChI is InChI=1S/C24H17Cl3N4O2S/c25-13-6-8-17(9-7-13)29-22(32)19-20(28)21(34-24(19)31-16-4-2-1-3-5-16)23(33)30-18-11-14(26)10-15(27)12-18/h1-12,31H,28H2,(H,29,32)(H,30,33). The van der Waals surface area contributed by atoms with E-state index in [1.165, 1.54) is 0 Å². The highest BCUT2D eigenvalue weighted by atomic mass is 35.5. The van der Waals surface area contributed by atoms with Crippen LogP contribution in [0.4, 0.5) is 27.8 Å². The fourth-order valence-corrected chi connectivity index (χ4v) is 4.80. The van der Waals surface area contributed by atoms with Gasteiger partial charge in [-0.3, -0.25) is 9.59 Å². The first-order valence-corrected chi connectivity index (χ1v) is 11.8. The second kappa shape index (κ2) is 10.4. The number of carbonyl (C=O) groups is 2. The van der Waals surface area contributed by atoms with Crippen LogP contribution in [0.15, 0.2) is 72.8 Å². The summed E-state index contributed by atoms with van der Waals surface area (Å²) < 4.78 is 0. The van der Waals surface area contributed by atoms with Crippen molar-refractivity contribution in [3.05, 3.63) is 98.3 Å². The predicted octanol–water partition coefficient (Wildman–Crippen LogP) is 7.54. The van der Waals surface area contributed by atoms with Crippen LogP contribution in [0.1, 0.15) is 20.0 Å². The molecule has 0 aliphatic heterocycles. The number of nitrogens with one attached hydrogen (secondary N) is 3. The lowest BCUT2D eigenvalue weighted by Gasteiger charge is -2.09. The molecule has 0 aliphatic carbocycles. The van der Waals surface area contributed by atoms with Gasteiger partial charge in [-0.25, -0.2) is 0 Å². The second-order valence-corrected chi connectivity index (χ2v) is 9.44. The van der Waals surface area contributed by atoms with E-state index in [0.717, 1.165) is 17.0 Å². The van der Waals surface area contributed by atoms with Crippen molar-refractivity contribution >= 4 is 85.7 Å². The summed E-state index contributed by atoms with van der Waals surface area (Å²) in [6.45, 7) is 0.